The Morgan fingerprint density at radius 1 is 0.745 bits per heavy atom. The molecule has 1 atom stereocenters. The quantitative estimate of drug-likeness (QED) is 0.268. The second-order valence-electron chi connectivity index (χ2n) is 14.8. The van der Waals surface area contributed by atoms with E-state index in [1.54, 1.807) is 30.3 Å². The number of nitrogens with one attached hydrogen (secondary N) is 1. The Morgan fingerprint density at radius 2 is 1.42 bits per heavy atom. The van der Waals surface area contributed by atoms with Gasteiger partial charge in [0.05, 0.1) is 22.7 Å². The van der Waals surface area contributed by atoms with Gasteiger partial charge in [-0.05, 0) is 73.9 Å². The van der Waals surface area contributed by atoms with Gasteiger partial charge in [-0.1, -0.05) is 17.7 Å². The number of carbonyl (C=O) groups is 5. The Balaban J connectivity index is 0.788. The van der Waals surface area contributed by atoms with Crippen molar-refractivity contribution in [3.05, 3.63) is 93.8 Å². The second kappa shape index (κ2) is 15.4. The summed E-state index contributed by atoms with van der Waals surface area (Å²) in [5, 5.41) is 2.62. The Morgan fingerprint density at radius 3 is 2.09 bits per heavy atom. The number of halogens is 1. The number of nitrogens with zero attached hydrogens (tertiary/aromatic N) is 6. The van der Waals surface area contributed by atoms with Crippen molar-refractivity contribution in [1.29, 1.82) is 0 Å². The molecule has 3 aromatic rings. The van der Waals surface area contributed by atoms with Crippen LogP contribution in [-0.4, -0.2) is 115 Å². The zero-order chi connectivity index (χ0) is 38.2. The molecule has 14 heteroatoms. The van der Waals surface area contributed by atoms with Crippen LogP contribution in [-0.2, 0) is 9.59 Å². The molecule has 8 rings (SSSR count). The van der Waals surface area contributed by atoms with E-state index in [0.29, 0.717) is 52.3 Å². The van der Waals surface area contributed by atoms with Crippen molar-refractivity contribution >= 4 is 58.2 Å². The maximum Gasteiger partial charge on any atom is 0.262 e. The lowest BCUT2D eigenvalue weighted by molar-refractivity contribution is -0.136. The minimum atomic E-state index is -0.973. The molecule has 5 aliphatic heterocycles. The smallest absolute Gasteiger partial charge is 0.262 e. The lowest BCUT2D eigenvalue weighted by atomic mass is 10.0. The third kappa shape index (κ3) is 7.36. The third-order valence-electron chi connectivity index (χ3n) is 11.6. The zero-order valence-corrected chi connectivity index (χ0v) is 31.2. The lowest BCUT2D eigenvalue weighted by Gasteiger charge is -2.44. The predicted octanol–water partition coefficient (Wildman–Crippen LogP) is 4.77. The molecule has 13 nitrogen and oxygen atoms in total. The summed E-state index contributed by atoms with van der Waals surface area (Å²) in [5.41, 5.74) is 3.68. The molecule has 0 bridgehead atoms. The monoisotopic (exact) mass is 763 g/mol. The number of piperidine rings is 3. The standard InChI is InChI=1S/C41H42ClN7O6/c1-43-35-9-7-31(25-34(35)42)55-30-14-18-48(19-15-30)39(52)26-2-4-27(5-3-26)46-20-22-47(23-21-46)28-12-16-45(17-13-28)29-6-8-32-33(24-29)41(54)49(40(32)53)36-10-11-37(50)44-38(36)51/h2-9,24-25,28,30,36H,10-23H2,(H,44,50,51). The van der Waals surface area contributed by atoms with Crippen LogP contribution in [0.2, 0.25) is 5.02 Å². The minimum absolute atomic E-state index is 0.0150. The van der Waals surface area contributed by atoms with Crippen molar-refractivity contribution < 1.29 is 28.7 Å². The molecule has 5 amide bonds. The van der Waals surface area contributed by atoms with E-state index in [1.165, 1.54) is 0 Å². The minimum Gasteiger partial charge on any atom is -0.490 e. The fourth-order valence-corrected chi connectivity index (χ4v) is 8.72. The topological polar surface area (TPSA) is 127 Å². The molecule has 5 heterocycles. The van der Waals surface area contributed by atoms with Crippen LogP contribution in [0.15, 0.2) is 60.7 Å². The number of ether oxygens (including phenoxy) is 1. The van der Waals surface area contributed by atoms with Gasteiger partial charge in [-0.3, -0.25) is 39.1 Å². The van der Waals surface area contributed by atoms with Crippen LogP contribution < -0.4 is 19.9 Å². The number of fused-ring (bicyclic) bond motifs is 1. The Labute approximate surface area is 324 Å². The fraction of sp³-hybridized carbons (Fsp3) is 0.415. The van der Waals surface area contributed by atoms with Gasteiger partial charge >= 0.3 is 0 Å². The number of benzene rings is 3. The normalized spacial score (nSPS) is 21.4. The summed E-state index contributed by atoms with van der Waals surface area (Å²) in [6.45, 7) is 13.7. The number of imide groups is 2. The first-order chi connectivity index (χ1) is 26.7. The predicted molar refractivity (Wildman–Crippen MR) is 206 cm³/mol. The van der Waals surface area contributed by atoms with Crippen molar-refractivity contribution in [2.45, 2.75) is 56.7 Å². The van der Waals surface area contributed by atoms with Gasteiger partial charge in [-0.15, -0.1) is 0 Å². The van der Waals surface area contributed by atoms with Crippen molar-refractivity contribution in [2.75, 3.05) is 62.2 Å². The summed E-state index contributed by atoms with van der Waals surface area (Å²) >= 11 is 6.16. The number of rotatable bonds is 7. The molecule has 1 N–H and O–H groups in total. The highest BCUT2D eigenvalue weighted by molar-refractivity contribution is 6.33. The Kier molecular flexibility index (Phi) is 10.2. The highest BCUT2D eigenvalue weighted by Gasteiger charge is 2.45. The van der Waals surface area contributed by atoms with Crippen molar-refractivity contribution in [2.24, 2.45) is 0 Å². The third-order valence-corrected chi connectivity index (χ3v) is 11.9. The maximum atomic E-state index is 13.3. The van der Waals surface area contributed by atoms with E-state index in [-0.39, 0.29) is 24.9 Å². The maximum absolute atomic E-state index is 13.3. The van der Waals surface area contributed by atoms with Gasteiger partial charge in [0.15, 0.2) is 0 Å². The van der Waals surface area contributed by atoms with E-state index in [9.17, 15) is 24.0 Å². The molecule has 284 valence electrons. The van der Waals surface area contributed by atoms with Crippen LogP contribution in [0.25, 0.3) is 4.85 Å². The Bertz CT molecular complexity index is 2060. The summed E-state index contributed by atoms with van der Waals surface area (Å²) in [6.07, 6.45) is 3.62. The molecular formula is C41H42ClN7O6. The van der Waals surface area contributed by atoms with Gasteiger partial charge in [0, 0.05) is 94.6 Å². The van der Waals surface area contributed by atoms with Gasteiger partial charge < -0.3 is 19.4 Å². The van der Waals surface area contributed by atoms with E-state index in [2.05, 4.69) is 24.9 Å². The first-order valence-corrected chi connectivity index (χ1v) is 19.4. The van der Waals surface area contributed by atoms with Crippen LogP contribution in [0.1, 0.15) is 69.6 Å². The summed E-state index contributed by atoms with van der Waals surface area (Å²) in [4.78, 5) is 77.3. The fourth-order valence-electron chi connectivity index (χ4n) is 8.51. The summed E-state index contributed by atoms with van der Waals surface area (Å²) in [7, 11) is 0. The van der Waals surface area contributed by atoms with Crippen LogP contribution >= 0.6 is 11.6 Å². The molecule has 4 saturated heterocycles. The largest absolute Gasteiger partial charge is 0.490 e. The van der Waals surface area contributed by atoms with E-state index >= 15 is 0 Å². The molecule has 1 unspecified atom stereocenters. The van der Waals surface area contributed by atoms with Gasteiger partial charge in [-0.2, -0.15) is 0 Å². The molecule has 55 heavy (non-hydrogen) atoms. The molecule has 0 saturated carbocycles. The van der Waals surface area contributed by atoms with Gasteiger partial charge in [-0.25, -0.2) is 4.85 Å². The summed E-state index contributed by atoms with van der Waals surface area (Å²) in [5.74, 6) is -1.31. The molecule has 5 aliphatic rings. The molecular weight excluding hydrogens is 722 g/mol. The van der Waals surface area contributed by atoms with Crippen molar-refractivity contribution in [1.82, 2.24) is 20.0 Å². The average Bonchev–Trinajstić information content (AvgIpc) is 3.46. The Hall–Kier alpha value is -5.45. The number of anilines is 2. The van der Waals surface area contributed by atoms with Crippen LogP contribution in [0.3, 0.4) is 0 Å². The number of piperazine rings is 1. The highest BCUT2D eigenvalue weighted by atomic mass is 35.5. The van der Waals surface area contributed by atoms with Gasteiger partial charge in [0.25, 0.3) is 17.7 Å². The van der Waals surface area contributed by atoms with Crippen LogP contribution in [0.5, 0.6) is 5.75 Å². The second-order valence-corrected chi connectivity index (χ2v) is 15.2. The first kappa shape index (κ1) is 36.5. The molecule has 0 aliphatic carbocycles. The van der Waals surface area contributed by atoms with Crippen molar-refractivity contribution in [3.63, 3.8) is 0 Å². The number of carbonyl (C=O) groups excluding carboxylic acids is 5. The van der Waals surface area contributed by atoms with E-state index in [0.717, 1.165) is 81.2 Å². The lowest BCUT2D eigenvalue weighted by Crippen LogP contribution is -2.54. The van der Waals surface area contributed by atoms with Crippen LogP contribution in [0.4, 0.5) is 17.1 Å². The van der Waals surface area contributed by atoms with Gasteiger partial charge in [0.2, 0.25) is 17.5 Å². The summed E-state index contributed by atoms with van der Waals surface area (Å²) < 4.78 is 6.09. The number of amides is 5. The van der Waals surface area contributed by atoms with E-state index in [4.69, 9.17) is 22.9 Å². The van der Waals surface area contributed by atoms with Crippen molar-refractivity contribution in [3.8, 4) is 5.75 Å². The van der Waals surface area contributed by atoms with E-state index in [1.807, 2.05) is 35.2 Å². The first-order valence-electron chi connectivity index (χ1n) is 19.0. The molecule has 3 aromatic carbocycles. The molecule has 4 fully saturated rings. The summed E-state index contributed by atoms with van der Waals surface area (Å²) in [6, 6.07) is 17.9. The molecule has 0 radical (unpaired) electrons. The number of hydrogen-bond donors (Lipinski definition) is 1. The average molecular weight is 764 g/mol. The SMILES string of the molecule is [C-]#[N+]c1ccc(OC2CCN(C(=O)c3ccc(N4CCN(C5CCN(c6ccc7c(c6)C(=O)N(C6CCC(=O)NC6=O)C7=O)CC5)CC4)cc3)CC2)cc1Cl. The number of likely N-dealkylation sites (tertiary alicyclic amines) is 1. The number of hydrogen-bond acceptors (Lipinski definition) is 9. The zero-order valence-electron chi connectivity index (χ0n) is 30.4. The van der Waals surface area contributed by atoms with Crippen LogP contribution in [0, 0.1) is 6.57 Å². The highest BCUT2D eigenvalue weighted by Crippen LogP contribution is 2.33. The van der Waals surface area contributed by atoms with E-state index < -0.39 is 29.7 Å². The molecule has 0 aromatic heterocycles. The molecule has 0 spiro atoms. The van der Waals surface area contributed by atoms with Gasteiger partial charge in [0.1, 0.15) is 17.9 Å².